The molecule has 2 aromatic rings. The van der Waals surface area contributed by atoms with Crippen molar-refractivity contribution < 1.29 is 14.3 Å². The summed E-state index contributed by atoms with van der Waals surface area (Å²) in [4.78, 5) is 26.9. The molecule has 1 atom stereocenters. The van der Waals surface area contributed by atoms with Gasteiger partial charge in [-0.05, 0) is 35.7 Å². The van der Waals surface area contributed by atoms with Gasteiger partial charge in [-0.1, -0.05) is 41.9 Å². The standard InChI is InChI=1S/C21H20ClN3O3/c1-28-14-8-6-13(7-9-14)10-11-25-12-17-18(20(25)26)19(24-21(27)23-17)15-4-2-3-5-16(15)22/h2-9,19H,10-12H2,1H3,(H2,23,24,27)/t19-/m0/s1. The number of methoxy groups -OCH3 is 1. The Balaban J connectivity index is 1.52. The van der Waals surface area contributed by atoms with Crippen molar-refractivity contribution in [3.8, 4) is 5.75 Å². The summed E-state index contributed by atoms with van der Waals surface area (Å²) < 4.78 is 5.17. The van der Waals surface area contributed by atoms with Crippen molar-refractivity contribution >= 4 is 23.5 Å². The number of benzene rings is 2. The molecule has 4 rings (SSSR count). The summed E-state index contributed by atoms with van der Waals surface area (Å²) in [6, 6.07) is 14.2. The van der Waals surface area contributed by atoms with Crippen LogP contribution in [0.5, 0.6) is 5.75 Å². The lowest BCUT2D eigenvalue weighted by molar-refractivity contribution is -0.125. The number of urea groups is 1. The first-order valence-electron chi connectivity index (χ1n) is 9.04. The molecule has 28 heavy (non-hydrogen) atoms. The minimum atomic E-state index is -0.545. The lowest BCUT2D eigenvalue weighted by atomic mass is 9.96. The molecule has 2 N–H and O–H groups in total. The van der Waals surface area contributed by atoms with Gasteiger partial charge in [-0.25, -0.2) is 4.79 Å². The van der Waals surface area contributed by atoms with E-state index in [1.807, 2.05) is 42.5 Å². The van der Waals surface area contributed by atoms with Gasteiger partial charge < -0.3 is 20.3 Å². The van der Waals surface area contributed by atoms with E-state index < -0.39 is 6.04 Å². The molecule has 0 radical (unpaired) electrons. The van der Waals surface area contributed by atoms with Crippen LogP contribution in [0.2, 0.25) is 5.02 Å². The van der Waals surface area contributed by atoms with E-state index in [9.17, 15) is 9.59 Å². The third-order valence-electron chi connectivity index (χ3n) is 5.07. The summed E-state index contributed by atoms with van der Waals surface area (Å²) in [5, 5.41) is 6.13. The van der Waals surface area contributed by atoms with Gasteiger partial charge >= 0.3 is 6.03 Å². The molecule has 6 nitrogen and oxygen atoms in total. The van der Waals surface area contributed by atoms with Crippen LogP contribution in [0.25, 0.3) is 0 Å². The van der Waals surface area contributed by atoms with E-state index in [4.69, 9.17) is 16.3 Å². The Kier molecular flexibility index (Phi) is 4.96. The number of carbonyl (C=O) groups is 2. The lowest BCUT2D eigenvalue weighted by Crippen LogP contribution is -2.44. The zero-order valence-electron chi connectivity index (χ0n) is 15.4. The largest absolute Gasteiger partial charge is 0.497 e. The number of rotatable bonds is 5. The average molecular weight is 398 g/mol. The fourth-order valence-corrected chi connectivity index (χ4v) is 3.85. The lowest BCUT2D eigenvalue weighted by Gasteiger charge is -2.26. The Morgan fingerprint density at radius 3 is 2.61 bits per heavy atom. The zero-order valence-corrected chi connectivity index (χ0v) is 16.1. The molecule has 2 aliphatic heterocycles. The van der Waals surface area contributed by atoms with E-state index in [-0.39, 0.29) is 11.9 Å². The molecular formula is C21H20ClN3O3. The van der Waals surface area contributed by atoms with Crippen molar-refractivity contribution in [3.05, 3.63) is 76.0 Å². The molecule has 2 aliphatic rings. The SMILES string of the molecule is COc1ccc(CCN2CC3=C(C2=O)[C@H](c2ccccc2Cl)NC(=O)N3)cc1. The monoisotopic (exact) mass is 397 g/mol. The van der Waals surface area contributed by atoms with Crippen molar-refractivity contribution in [1.29, 1.82) is 0 Å². The predicted octanol–water partition coefficient (Wildman–Crippen LogP) is 3.04. The second-order valence-corrected chi connectivity index (χ2v) is 7.18. The van der Waals surface area contributed by atoms with Gasteiger partial charge in [0.25, 0.3) is 5.91 Å². The molecule has 2 heterocycles. The number of nitrogens with one attached hydrogen (secondary N) is 2. The molecule has 0 saturated heterocycles. The van der Waals surface area contributed by atoms with E-state index in [1.165, 1.54) is 0 Å². The summed E-state index contributed by atoms with van der Waals surface area (Å²) in [6.07, 6.45) is 0.717. The number of hydrogen-bond acceptors (Lipinski definition) is 3. The molecule has 144 valence electrons. The Hall–Kier alpha value is -2.99. The highest BCUT2D eigenvalue weighted by Crippen LogP contribution is 2.35. The number of halogens is 1. The van der Waals surface area contributed by atoms with Gasteiger partial charge in [0, 0.05) is 11.6 Å². The first-order valence-corrected chi connectivity index (χ1v) is 9.42. The first-order chi connectivity index (χ1) is 13.6. The topological polar surface area (TPSA) is 70.7 Å². The second kappa shape index (κ2) is 7.56. The van der Waals surface area contributed by atoms with Crippen LogP contribution in [0.15, 0.2) is 59.8 Å². The fourth-order valence-electron chi connectivity index (χ4n) is 3.61. The first kappa shape index (κ1) is 18.4. The average Bonchev–Trinajstić information content (AvgIpc) is 3.02. The molecule has 7 heteroatoms. The van der Waals surface area contributed by atoms with Gasteiger partial charge in [-0.15, -0.1) is 0 Å². The minimum absolute atomic E-state index is 0.0825. The fraction of sp³-hybridized carbons (Fsp3) is 0.238. The molecular weight excluding hydrogens is 378 g/mol. The Labute approximate surface area is 168 Å². The van der Waals surface area contributed by atoms with Gasteiger partial charge in [0.05, 0.1) is 31.0 Å². The molecule has 0 aliphatic carbocycles. The normalized spacial score (nSPS) is 18.6. The van der Waals surface area contributed by atoms with Crippen molar-refractivity contribution in [2.24, 2.45) is 0 Å². The quantitative estimate of drug-likeness (QED) is 0.814. The summed E-state index contributed by atoms with van der Waals surface area (Å²) in [6.45, 7) is 0.946. The molecule has 0 spiro atoms. The number of hydrogen-bond donors (Lipinski definition) is 2. The molecule has 0 fully saturated rings. The molecule has 0 aromatic heterocycles. The zero-order chi connectivity index (χ0) is 19.7. The van der Waals surface area contributed by atoms with Crippen LogP contribution in [-0.2, 0) is 11.2 Å². The van der Waals surface area contributed by atoms with Gasteiger partial charge in [-0.3, -0.25) is 4.79 Å². The highest BCUT2D eigenvalue weighted by molar-refractivity contribution is 6.31. The van der Waals surface area contributed by atoms with Crippen LogP contribution < -0.4 is 15.4 Å². The smallest absolute Gasteiger partial charge is 0.319 e. The van der Waals surface area contributed by atoms with E-state index in [0.29, 0.717) is 35.8 Å². The maximum absolute atomic E-state index is 13.1. The Bertz CT molecular complexity index is 956. The number of nitrogens with zero attached hydrogens (tertiary/aromatic N) is 1. The summed E-state index contributed by atoms with van der Waals surface area (Å²) >= 11 is 6.32. The molecule has 3 amide bonds. The van der Waals surface area contributed by atoms with E-state index >= 15 is 0 Å². The van der Waals surface area contributed by atoms with Crippen LogP contribution in [0.3, 0.4) is 0 Å². The second-order valence-electron chi connectivity index (χ2n) is 6.77. The molecule has 2 aromatic carbocycles. The van der Waals surface area contributed by atoms with Crippen molar-refractivity contribution in [1.82, 2.24) is 15.5 Å². The van der Waals surface area contributed by atoms with Gasteiger partial charge in [-0.2, -0.15) is 0 Å². The summed E-state index contributed by atoms with van der Waals surface area (Å²) in [5.74, 6) is 0.718. The predicted molar refractivity (Wildman–Crippen MR) is 106 cm³/mol. The minimum Gasteiger partial charge on any atom is -0.497 e. The van der Waals surface area contributed by atoms with Crippen molar-refractivity contribution in [2.75, 3.05) is 20.2 Å². The molecule has 0 bridgehead atoms. The maximum Gasteiger partial charge on any atom is 0.319 e. The van der Waals surface area contributed by atoms with Crippen molar-refractivity contribution in [2.45, 2.75) is 12.5 Å². The Morgan fingerprint density at radius 2 is 1.89 bits per heavy atom. The maximum atomic E-state index is 13.1. The van der Waals surface area contributed by atoms with Crippen LogP contribution in [0.1, 0.15) is 17.2 Å². The Morgan fingerprint density at radius 1 is 1.14 bits per heavy atom. The van der Waals surface area contributed by atoms with Crippen LogP contribution >= 0.6 is 11.6 Å². The molecule has 0 saturated carbocycles. The van der Waals surface area contributed by atoms with E-state index in [2.05, 4.69) is 10.6 Å². The van der Waals surface area contributed by atoms with Crippen LogP contribution in [0, 0.1) is 0 Å². The van der Waals surface area contributed by atoms with E-state index in [1.54, 1.807) is 18.1 Å². The highest BCUT2D eigenvalue weighted by Gasteiger charge is 2.40. The third kappa shape index (κ3) is 3.43. The number of ether oxygens (including phenoxy) is 1. The van der Waals surface area contributed by atoms with Crippen LogP contribution in [-0.4, -0.2) is 37.0 Å². The summed E-state index contributed by atoms with van der Waals surface area (Å²) in [5.41, 5.74) is 3.04. The van der Waals surface area contributed by atoms with E-state index in [0.717, 1.165) is 16.9 Å². The van der Waals surface area contributed by atoms with Crippen LogP contribution in [0.4, 0.5) is 4.79 Å². The third-order valence-corrected chi connectivity index (χ3v) is 5.41. The van der Waals surface area contributed by atoms with Gasteiger partial charge in [0.2, 0.25) is 0 Å². The highest BCUT2D eigenvalue weighted by atomic mass is 35.5. The van der Waals surface area contributed by atoms with Crippen molar-refractivity contribution in [3.63, 3.8) is 0 Å². The van der Waals surface area contributed by atoms with Gasteiger partial charge in [0.15, 0.2) is 0 Å². The number of amides is 3. The summed E-state index contributed by atoms with van der Waals surface area (Å²) in [7, 11) is 1.63. The number of carbonyl (C=O) groups excluding carboxylic acids is 2. The molecule has 0 unspecified atom stereocenters. The van der Waals surface area contributed by atoms with Gasteiger partial charge in [0.1, 0.15) is 5.75 Å².